The molecular formula is C22H25F2N5O3. The molecule has 1 aliphatic rings. The molecule has 32 heavy (non-hydrogen) atoms. The number of halogens is 2. The molecule has 2 aromatic heterocycles. The summed E-state index contributed by atoms with van der Waals surface area (Å²) in [7, 11) is 1.55. The number of carbonyl (C=O) groups is 1. The van der Waals surface area contributed by atoms with E-state index in [9.17, 15) is 13.6 Å². The molecule has 1 atom stereocenters. The van der Waals surface area contributed by atoms with Crippen LogP contribution in [0.15, 0.2) is 36.5 Å². The van der Waals surface area contributed by atoms with Gasteiger partial charge in [0, 0.05) is 31.2 Å². The van der Waals surface area contributed by atoms with E-state index < -0.39 is 12.3 Å². The van der Waals surface area contributed by atoms with Gasteiger partial charge in [0.25, 0.3) is 12.3 Å². The number of fused-ring (bicyclic) bond motifs is 1. The third kappa shape index (κ3) is 4.71. The average Bonchev–Trinajstić information content (AvgIpc) is 3.23. The summed E-state index contributed by atoms with van der Waals surface area (Å²) in [4.78, 5) is 19.6. The molecule has 1 aromatic carbocycles. The van der Waals surface area contributed by atoms with Crippen molar-refractivity contribution in [2.75, 3.05) is 40.0 Å². The number of morpholine rings is 1. The number of hydrogen-bond acceptors (Lipinski definition) is 6. The van der Waals surface area contributed by atoms with E-state index in [-0.39, 0.29) is 22.9 Å². The molecule has 170 valence electrons. The summed E-state index contributed by atoms with van der Waals surface area (Å²) in [6.07, 6.45) is -1.50. The van der Waals surface area contributed by atoms with Gasteiger partial charge in [-0.15, -0.1) is 0 Å². The summed E-state index contributed by atoms with van der Waals surface area (Å²) in [5, 5.41) is 6.94. The van der Waals surface area contributed by atoms with Crippen molar-refractivity contribution in [2.24, 2.45) is 0 Å². The van der Waals surface area contributed by atoms with Gasteiger partial charge in [0.05, 0.1) is 32.2 Å². The fourth-order valence-electron chi connectivity index (χ4n) is 3.73. The van der Waals surface area contributed by atoms with Crippen molar-refractivity contribution in [2.45, 2.75) is 19.4 Å². The zero-order valence-electron chi connectivity index (χ0n) is 17.9. The minimum atomic E-state index is -2.78. The molecule has 8 nitrogen and oxygen atoms in total. The minimum absolute atomic E-state index is 0.0877. The monoisotopic (exact) mass is 445 g/mol. The van der Waals surface area contributed by atoms with Crippen molar-refractivity contribution < 1.29 is 23.0 Å². The minimum Gasteiger partial charge on any atom is -0.497 e. The van der Waals surface area contributed by atoms with Crippen LogP contribution in [-0.2, 0) is 4.74 Å². The van der Waals surface area contributed by atoms with Crippen molar-refractivity contribution in [1.29, 1.82) is 0 Å². The molecule has 1 aliphatic heterocycles. The standard InChI is InChI=1S/C22H25F2N5O3/c1-14(13-28-7-9-32-10-8-28)26-22(30)17-12-25-29-19(20(23)24)11-18(27-21(17)29)15-3-5-16(31-2)6-4-15/h3-6,11-12,14,20H,7-10,13H2,1-2H3,(H,26,30). The summed E-state index contributed by atoms with van der Waals surface area (Å²) in [6, 6.07) is 8.05. The highest BCUT2D eigenvalue weighted by Gasteiger charge is 2.23. The molecule has 3 heterocycles. The van der Waals surface area contributed by atoms with Gasteiger partial charge in [-0.2, -0.15) is 5.10 Å². The van der Waals surface area contributed by atoms with E-state index in [4.69, 9.17) is 9.47 Å². The van der Waals surface area contributed by atoms with Crippen molar-refractivity contribution in [3.63, 3.8) is 0 Å². The number of methoxy groups -OCH3 is 1. The van der Waals surface area contributed by atoms with Crippen LogP contribution in [0, 0.1) is 0 Å². The van der Waals surface area contributed by atoms with Crippen LogP contribution < -0.4 is 10.1 Å². The highest BCUT2D eigenvalue weighted by Crippen LogP contribution is 2.27. The number of benzene rings is 1. The molecule has 0 radical (unpaired) electrons. The van der Waals surface area contributed by atoms with Crippen molar-refractivity contribution in [1.82, 2.24) is 24.8 Å². The molecule has 3 aromatic rings. The van der Waals surface area contributed by atoms with Crippen LogP contribution >= 0.6 is 0 Å². The van der Waals surface area contributed by atoms with E-state index in [1.165, 1.54) is 12.3 Å². The van der Waals surface area contributed by atoms with Crippen molar-refractivity contribution in [3.8, 4) is 17.0 Å². The van der Waals surface area contributed by atoms with Crippen LogP contribution in [0.3, 0.4) is 0 Å². The number of nitrogens with one attached hydrogen (secondary N) is 1. The molecule has 0 saturated carbocycles. The van der Waals surface area contributed by atoms with Crippen LogP contribution in [0.1, 0.15) is 29.4 Å². The van der Waals surface area contributed by atoms with Gasteiger partial charge in [-0.1, -0.05) is 0 Å². The maximum Gasteiger partial charge on any atom is 0.280 e. The zero-order chi connectivity index (χ0) is 22.7. The summed E-state index contributed by atoms with van der Waals surface area (Å²) in [6.45, 7) is 5.52. The van der Waals surface area contributed by atoms with Gasteiger partial charge >= 0.3 is 0 Å². The number of aromatic nitrogens is 3. The predicted molar refractivity (Wildman–Crippen MR) is 114 cm³/mol. The SMILES string of the molecule is COc1ccc(-c2cc(C(F)F)n3ncc(C(=O)NC(C)CN4CCOCC4)c3n2)cc1. The van der Waals surface area contributed by atoms with E-state index >= 15 is 0 Å². The van der Waals surface area contributed by atoms with E-state index in [0.29, 0.717) is 36.8 Å². The van der Waals surface area contributed by atoms with E-state index in [2.05, 4.69) is 20.3 Å². The number of hydrogen-bond donors (Lipinski definition) is 1. The summed E-state index contributed by atoms with van der Waals surface area (Å²) in [5.41, 5.74) is 0.858. The van der Waals surface area contributed by atoms with Gasteiger partial charge in [0.2, 0.25) is 0 Å². The highest BCUT2D eigenvalue weighted by molar-refractivity contribution is 6.00. The van der Waals surface area contributed by atoms with Gasteiger partial charge in [-0.3, -0.25) is 9.69 Å². The van der Waals surface area contributed by atoms with Crippen LogP contribution in [0.5, 0.6) is 5.75 Å². The normalized spacial score (nSPS) is 15.8. The third-order valence-electron chi connectivity index (χ3n) is 5.37. The van der Waals surface area contributed by atoms with E-state index in [1.54, 1.807) is 31.4 Å². The lowest BCUT2D eigenvalue weighted by Crippen LogP contribution is -2.46. The second-order valence-electron chi connectivity index (χ2n) is 7.68. The first-order valence-corrected chi connectivity index (χ1v) is 10.4. The Bertz CT molecular complexity index is 1080. The number of alkyl halides is 2. The first kappa shape index (κ1) is 22.1. The number of ether oxygens (including phenoxy) is 2. The number of carbonyl (C=O) groups excluding carboxylic acids is 1. The lowest BCUT2D eigenvalue weighted by Gasteiger charge is -2.29. The zero-order valence-corrected chi connectivity index (χ0v) is 17.9. The largest absolute Gasteiger partial charge is 0.497 e. The Morgan fingerprint density at radius 1 is 1.25 bits per heavy atom. The van der Waals surface area contributed by atoms with Crippen molar-refractivity contribution in [3.05, 3.63) is 47.8 Å². The average molecular weight is 445 g/mol. The Balaban J connectivity index is 1.62. The molecule has 1 saturated heterocycles. The molecular weight excluding hydrogens is 420 g/mol. The molecule has 0 aliphatic carbocycles. The fraction of sp³-hybridized carbons (Fsp3) is 0.409. The van der Waals surface area contributed by atoms with Gasteiger partial charge < -0.3 is 14.8 Å². The van der Waals surface area contributed by atoms with Gasteiger partial charge in [-0.05, 0) is 37.3 Å². The van der Waals surface area contributed by atoms with Crippen LogP contribution in [0.2, 0.25) is 0 Å². The first-order chi connectivity index (χ1) is 15.5. The van der Waals surface area contributed by atoms with Gasteiger partial charge in [0.15, 0.2) is 5.65 Å². The highest BCUT2D eigenvalue weighted by atomic mass is 19.3. The smallest absolute Gasteiger partial charge is 0.280 e. The lowest BCUT2D eigenvalue weighted by molar-refractivity contribution is 0.0342. The maximum absolute atomic E-state index is 13.8. The quantitative estimate of drug-likeness (QED) is 0.603. The van der Waals surface area contributed by atoms with Crippen molar-refractivity contribution >= 4 is 11.6 Å². The number of amides is 1. The Morgan fingerprint density at radius 3 is 2.62 bits per heavy atom. The Labute approximate surface area is 184 Å². The molecule has 1 unspecified atom stereocenters. The molecule has 0 bridgehead atoms. The Hall–Kier alpha value is -3.11. The molecule has 1 N–H and O–H groups in total. The number of nitrogens with zero attached hydrogens (tertiary/aromatic N) is 4. The fourth-order valence-corrected chi connectivity index (χ4v) is 3.73. The third-order valence-corrected chi connectivity index (χ3v) is 5.37. The Kier molecular flexibility index (Phi) is 6.61. The molecule has 4 rings (SSSR count). The predicted octanol–water partition coefficient (Wildman–Crippen LogP) is 2.79. The van der Waals surface area contributed by atoms with Crippen LogP contribution in [0.4, 0.5) is 8.78 Å². The van der Waals surface area contributed by atoms with Gasteiger partial charge in [0.1, 0.15) is 17.0 Å². The maximum atomic E-state index is 13.8. The van der Waals surface area contributed by atoms with E-state index in [0.717, 1.165) is 17.6 Å². The molecule has 1 fully saturated rings. The Morgan fingerprint density at radius 2 is 1.97 bits per heavy atom. The first-order valence-electron chi connectivity index (χ1n) is 10.4. The second-order valence-corrected chi connectivity index (χ2v) is 7.68. The van der Waals surface area contributed by atoms with Crippen LogP contribution in [-0.4, -0.2) is 71.4 Å². The molecule has 0 spiro atoms. The second kappa shape index (κ2) is 9.58. The summed E-state index contributed by atoms with van der Waals surface area (Å²) >= 11 is 0. The summed E-state index contributed by atoms with van der Waals surface area (Å²) < 4.78 is 39.1. The van der Waals surface area contributed by atoms with Gasteiger partial charge in [-0.25, -0.2) is 18.3 Å². The van der Waals surface area contributed by atoms with E-state index in [1.807, 2.05) is 6.92 Å². The molecule has 1 amide bonds. The number of rotatable bonds is 7. The summed E-state index contributed by atoms with van der Waals surface area (Å²) in [5.74, 6) is 0.239. The lowest BCUT2D eigenvalue weighted by atomic mass is 10.1. The topological polar surface area (TPSA) is 81.0 Å². The van der Waals surface area contributed by atoms with Crippen LogP contribution in [0.25, 0.3) is 16.9 Å². The molecule has 10 heteroatoms.